The van der Waals surface area contributed by atoms with E-state index in [4.69, 9.17) is 20.8 Å². The van der Waals surface area contributed by atoms with E-state index in [1.165, 1.54) is 18.9 Å². The molecular formula is C23H21ClN4O3S. The van der Waals surface area contributed by atoms with Gasteiger partial charge in [0.05, 0.1) is 24.8 Å². The Morgan fingerprint density at radius 1 is 1.19 bits per heavy atom. The van der Waals surface area contributed by atoms with Crippen molar-refractivity contribution in [1.82, 2.24) is 14.8 Å². The molecule has 0 saturated heterocycles. The van der Waals surface area contributed by atoms with Crippen LogP contribution in [0, 0.1) is 13.8 Å². The maximum atomic E-state index is 12.7. The number of rotatable bonds is 7. The zero-order valence-electron chi connectivity index (χ0n) is 17.8. The van der Waals surface area contributed by atoms with E-state index in [2.05, 4.69) is 15.5 Å². The maximum Gasteiger partial charge on any atom is 0.234 e. The second-order valence-corrected chi connectivity index (χ2v) is 8.44. The molecule has 2 aromatic carbocycles. The summed E-state index contributed by atoms with van der Waals surface area (Å²) in [6.07, 6.45) is 1.59. The van der Waals surface area contributed by atoms with Gasteiger partial charge in [0.25, 0.3) is 0 Å². The Kier molecular flexibility index (Phi) is 6.53. The Bertz CT molecular complexity index is 1240. The van der Waals surface area contributed by atoms with Gasteiger partial charge in [0.15, 0.2) is 10.9 Å². The number of halogens is 1. The van der Waals surface area contributed by atoms with E-state index in [1.807, 2.05) is 48.7 Å². The van der Waals surface area contributed by atoms with Gasteiger partial charge in [0, 0.05) is 16.8 Å². The average molecular weight is 469 g/mol. The molecule has 0 aliphatic rings. The number of ether oxygens (including phenoxy) is 1. The molecule has 164 valence electrons. The van der Waals surface area contributed by atoms with Crippen LogP contribution in [0.15, 0.2) is 64.4 Å². The average Bonchev–Trinajstić information content (AvgIpc) is 3.45. The van der Waals surface area contributed by atoms with Crippen LogP contribution in [-0.4, -0.2) is 33.5 Å². The number of benzene rings is 2. The van der Waals surface area contributed by atoms with Gasteiger partial charge in [0.1, 0.15) is 5.75 Å². The minimum absolute atomic E-state index is 0.132. The standard InChI is InChI=1S/C23H21ClN4O3S/c1-14-6-8-16(9-7-14)28-22(19-5-4-10-31-19)26-27-23(28)32-13-21(29)25-18-11-15(2)17(24)12-20(18)30-3/h4-12H,13H2,1-3H3,(H,25,29). The van der Waals surface area contributed by atoms with E-state index in [-0.39, 0.29) is 11.7 Å². The molecule has 0 atom stereocenters. The first-order valence-corrected chi connectivity index (χ1v) is 11.2. The number of aromatic nitrogens is 3. The maximum absolute atomic E-state index is 12.7. The fraction of sp³-hybridized carbons (Fsp3) is 0.174. The van der Waals surface area contributed by atoms with Crippen LogP contribution in [-0.2, 0) is 4.79 Å². The molecular weight excluding hydrogens is 448 g/mol. The van der Waals surface area contributed by atoms with Crippen molar-refractivity contribution in [2.24, 2.45) is 0 Å². The van der Waals surface area contributed by atoms with E-state index in [0.29, 0.717) is 33.2 Å². The molecule has 0 bridgehead atoms. The highest BCUT2D eigenvalue weighted by atomic mass is 35.5. The number of carbonyl (C=O) groups excluding carboxylic acids is 1. The summed E-state index contributed by atoms with van der Waals surface area (Å²) in [5.41, 5.74) is 3.43. The Balaban J connectivity index is 1.57. The van der Waals surface area contributed by atoms with E-state index < -0.39 is 0 Å². The van der Waals surface area contributed by atoms with Gasteiger partial charge in [-0.1, -0.05) is 41.1 Å². The highest BCUT2D eigenvalue weighted by Gasteiger charge is 2.19. The van der Waals surface area contributed by atoms with Crippen molar-refractivity contribution in [2.75, 3.05) is 18.2 Å². The van der Waals surface area contributed by atoms with E-state index >= 15 is 0 Å². The Morgan fingerprint density at radius 3 is 2.66 bits per heavy atom. The third kappa shape index (κ3) is 4.66. The van der Waals surface area contributed by atoms with E-state index in [9.17, 15) is 4.79 Å². The predicted molar refractivity (Wildman–Crippen MR) is 126 cm³/mol. The molecule has 4 aromatic rings. The molecule has 0 radical (unpaired) electrons. The van der Waals surface area contributed by atoms with Crippen LogP contribution < -0.4 is 10.1 Å². The predicted octanol–water partition coefficient (Wildman–Crippen LogP) is 5.54. The summed E-state index contributed by atoms with van der Waals surface area (Å²) < 4.78 is 12.7. The first-order valence-electron chi connectivity index (χ1n) is 9.79. The third-order valence-corrected chi connectivity index (χ3v) is 6.09. The monoisotopic (exact) mass is 468 g/mol. The summed E-state index contributed by atoms with van der Waals surface area (Å²) in [5, 5.41) is 12.6. The molecule has 9 heteroatoms. The van der Waals surface area contributed by atoms with Gasteiger partial charge >= 0.3 is 0 Å². The number of thioether (sulfide) groups is 1. The van der Waals surface area contributed by atoms with Crippen molar-refractivity contribution >= 4 is 35.0 Å². The van der Waals surface area contributed by atoms with Crippen molar-refractivity contribution in [3.05, 3.63) is 70.9 Å². The quantitative estimate of drug-likeness (QED) is 0.359. The van der Waals surface area contributed by atoms with Crippen molar-refractivity contribution in [1.29, 1.82) is 0 Å². The Hall–Kier alpha value is -3.23. The number of carbonyl (C=O) groups is 1. The molecule has 0 aliphatic carbocycles. The van der Waals surface area contributed by atoms with Crippen LogP contribution in [0.5, 0.6) is 5.75 Å². The summed E-state index contributed by atoms with van der Waals surface area (Å²) >= 11 is 7.43. The lowest BCUT2D eigenvalue weighted by Crippen LogP contribution is -2.15. The van der Waals surface area contributed by atoms with Gasteiger partial charge in [-0.05, 0) is 49.7 Å². The van der Waals surface area contributed by atoms with Crippen LogP contribution in [0.4, 0.5) is 5.69 Å². The van der Waals surface area contributed by atoms with Gasteiger partial charge in [-0.3, -0.25) is 9.36 Å². The van der Waals surface area contributed by atoms with Crippen LogP contribution in [0.2, 0.25) is 5.02 Å². The Morgan fingerprint density at radius 2 is 1.97 bits per heavy atom. The summed E-state index contributed by atoms with van der Waals surface area (Å²) in [5.74, 6) is 1.59. The summed E-state index contributed by atoms with van der Waals surface area (Å²) in [7, 11) is 1.53. The molecule has 0 fully saturated rings. The van der Waals surface area contributed by atoms with Crippen molar-refractivity contribution in [3.63, 3.8) is 0 Å². The van der Waals surface area contributed by atoms with Crippen molar-refractivity contribution < 1.29 is 13.9 Å². The topological polar surface area (TPSA) is 82.2 Å². The number of aryl methyl sites for hydroxylation is 2. The fourth-order valence-corrected chi connectivity index (χ4v) is 4.01. The molecule has 0 saturated carbocycles. The van der Waals surface area contributed by atoms with Crippen LogP contribution in [0.3, 0.4) is 0 Å². The highest BCUT2D eigenvalue weighted by Crippen LogP contribution is 2.32. The molecule has 1 N–H and O–H groups in total. The molecule has 0 spiro atoms. The van der Waals surface area contributed by atoms with Gasteiger partial charge < -0.3 is 14.5 Å². The van der Waals surface area contributed by atoms with E-state index in [0.717, 1.165) is 16.8 Å². The van der Waals surface area contributed by atoms with Gasteiger partial charge in [-0.15, -0.1) is 10.2 Å². The summed E-state index contributed by atoms with van der Waals surface area (Å²) in [6.45, 7) is 3.89. The molecule has 7 nitrogen and oxygen atoms in total. The van der Waals surface area contributed by atoms with Crippen LogP contribution in [0.25, 0.3) is 17.3 Å². The van der Waals surface area contributed by atoms with Crippen molar-refractivity contribution in [3.8, 4) is 23.0 Å². The molecule has 2 aromatic heterocycles. The largest absolute Gasteiger partial charge is 0.495 e. The molecule has 0 unspecified atom stereocenters. The zero-order chi connectivity index (χ0) is 22.7. The highest BCUT2D eigenvalue weighted by molar-refractivity contribution is 7.99. The summed E-state index contributed by atoms with van der Waals surface area (Å²) in [4.78, 5) is 12.7. The molecule has 0 aliphatic heterocycles. The number of methoxy groups -OCH3 is 1. The summed E-state index contributed by atoms with van der Waals surface area (Å²) in [6, 6.07) is 15.1. The normalized spacial score (nSPS) is 10.9. The number of nitrogens with one attached hydrogen (secondary N) is 1. The number of hydrogen-bond donors (Lipinski definition) is 1. The first kappa shape index (κ1) is 22.0. The lowest BCUT2D eigenvalue weighted by molar-refractivity contribution is -0.113. The lowest BCUT2D eigenvalue weighted by Gasteiger charge is -2.12. The van der Waals surface area contributed by atoms with Gasteiger partial charge in [-0.2, -0.15) is 0 Å². The fourth-order valence-electron chi connectivity index (χ4n) is 3.10. The number of amides is 1. The lowest BCUT2D eigenvalue weighted by atomic mass is 10.2. The second-order valence-electron chi connectivity index (χ2n) is 7.09. The SMILES string of the molecule is COc1cc(Cl)c(C)cc1NC(=O)CSc1nnc(-c2ccco2)n1-c1ccc(C)cc1. The minimum atomic E-state index is -0.201. The molecule has 1 amide bonds. The van der Waals surface area contributed by atoms with Crippen LogP contribution in [0.1, 0.15) is 11.1 Å². The third-order valence-electron chi connectivity index (χ3n) is 4.75. The smallest absolute Gasteiger partial charge is 0.234 e. The number of furan rings is 1. The molecule has 32 heavy (non-hydrogen) atoms. The Labute approximate surface area is 194 Å². The number of hydrogen-bond acceptors (Lipinski definition) is 6. The molecule has 4 rings (SSSR count). The van der Waals surface area contributed by atoms with Crippen LogP contribution >= 0.6 is 23.4 Å². The first-order chi connectivity index (χ1) is 15.5. The van der Waals surface area contributed by atoms with Crippen molar-refractivity contribution in [2.45, 2.75) is 19.0 Å². The molecule has 2 heterocycles. The number of anilines is 1. The zero-order valence-corrected chi connectivity index (χ0v) is 19.3. The van der Waals surface area contributed by atoms with E-state index in [1.54, 1.807) is 24.5 Å². The van der Waals surface area contributed by atoms with Gasteiger partial charge in [0.2, 0.25) is 11.7 Å². The minimum Gasteiger partial charge on any atom is -0.495 e. The van der Waals surface area contributed by atoms with Gasteiger partial charge in [-0.25, -0.2) is 0 Å². The second kappa shape index (κ2) is 9.50. The number of nitrogens with zero attached hydrogens (tertiary/aromatic N) is 3.